The van der Waals surface area contributed by atoms with Gasteiger partial charge < -0.3 is 9.47 Å². The van der Waals surface area contributed by atoms with Gasteiger partial charge in [-0.25, -0.2) is 18.0 Å². The number of benzene rings is 1. The van der Waals surface area contributed by atoms with Crippen molar-refractivity contribution in [3.8, 4) is 5.75 Å². The van der Waals surface area contributed by atoms with Gasteiger partial charge in [0.1, 0.15) is 17.2 Å². The van der Waals surface area contributed by atoms with E-state index in [4.69, 9.17) is 21.1 Å². The maximum absolute atomic E-state index is 14.3. The first kappa shape index (κ1) is 19.3. The summed E-state index contributed by atoms with van der Waals surface area (Å²) in [7, 11) is 0. The minimum atomic E-state index is -2.53. The molecule has 0 N–H and O–H groups in total. The van der Waals surface area contributed by atoms with E-state index >= 15 is 0 Å². The SMILES string of the molecule is CC(C)(C)OC(=O)c1cc(Cl)c(OCC2CCC3C(C2)C3(F)F)cc1F. The molecular weight excluding hydrogens is 369 g/mol. The molecule has 3 nitrogen and oxygen atoms in total. The second-order valence-electron chi connectivity index (χ2n) is 8.14. The van der Waals surface area contributed by atoms with Crippen molar-refractivity contribution in [2.45, 2.75) is 51.6 Å². The first-order valence-electron chi connectivity index (χ1n) is 8.72. The third-order valence-electron chi connectivity index (χ3n) is 4.95. The monoisotopic (exact) mass is 390 g/mol. The van der Waals surface area contributed by atoms with E-state index in [1.54, 1.807) is 20.8 Å². The fourth-order valence-corrected chi connectivity index (χ4v) is 3.77. The van der Waals surface area contributed by atoms with Crippen LogP contribution in [0.25, 0.3) is 0 Å². The molecule has 1 aromatic rings. The second kappa shape index (κ2) is 6.63. The summed E-state index contributed by atoms with van der Waals surface area (Å²) in [4.78, 5) is 12.0. The van der Waals surface area contributed by atoms with Gasteiger partial charge in [-0.1, -0.05) is 11.6 Å². The van der Waals surface area contributed by atoms with Gasteiger partial charge in [-0.15, -0.1) is 0 Å². The van der Waals surface area contributed by atoms with Crippen molar-refractivity contribution < 1.29 is 27.4 Å². The van der Waals surface area contributed by atoms with Gasteiger partial charge >= 0.3 is 5.97 Å². The molecule has 26 heavy (non-hydrogen) atoms. The van der Waals surface area contributed by atoms with E-state index in [2.05, 4.69) is 0 Å². The van der Waals surface area contributed by atoms with Crippen molar-refractivity contribution in [3.05, 3.63) is 28.5 Å². The smallest absolute Gasteiger partial charge is 0.341 e. The quantitative estimate of drug-likeness (QED) is 0.637. The summed E-state index contributed by atoms with van der Waals surface area (Å²) in [5.74, 6) is -5.07. The van der Waals surface area contributed by atoms with Gasteiger partial charge in [-0.3, -0.25) is 0 Å². The molecule has 0 bridgehead atoms. The van der Waals surface area contributed by atoms with Crippen LogP contribution in [0.4, 0.5) is 13.2 Å². The number of hydrogen-bond acceptors (Lipinski definition) is 3. The van der Waals surface area contributed by atoms with Gasteiger partial charge in [0.25, 0.3) is 5.92 Å². The van der Waals surface area contributed by atoms with Crippen molar-refractivity contribution in [1.82, 2.24) is 0 Å². The van der Waals surface area contributed by atoms with Crippen molar-refractivity contribution in [3.63, 3.8) is 0 Å². The number of halogens is 4. The van der Waals surface area contributed by atoms with Crippen molar-refractivity contribution in [2.24, 2.45) is 17.8 Å². The average Bonchev–Trinajstić information content (AvgIpc) is 3.07. The molecule has 3 atom stereocenters. The van der Waals surface area contributed by atoms with E-state index in [0.717, 1.165) is 6.07 Å². The standard InChI is InChI=1S/C19H22ClF3O3/c1-18(2,3)26-17(24)11-7-14(20)16(8-15(11)21)25-9-10-4-5-12-13(6-10)19(12,22)23/h7-8,10,12-13H,4-6,9H2,1-3H3. The van der Waals surface area contributed by atoms with Crippen LogP contribution in [0.5, 0.6) is 5.75 Å². The van der Waals surface area contributed by atoms with Crippen molar-refractivity contribution >= 4 is 17.6 Å². The van der Waals surface area contributed by atoms with Gasteiger partial charge in [0.15, 0.2) is 0 Å². The lowest BCUT2D eigenvalue weighted by atomic mass is 9.90. The molecule has 0 saturated heterocycles. The minimum absolute atomic E-state index is 0.00529. The summed E-state index contributed by atoms with van der Waals surface area (Å²) in [6.07, 6.45) is 1.56. The number of rotatable bonds is 4. The normalized spacial score (nSPS) is 26.8. The number of esters is 1. The van der Waals surface area contributed by atoms with E-state index in [-0.39, 0.29) is 28.9 Å². The molecular formula is C19H22ClF3O3. The molecule has 2 saturated carbocycles. The topological polar surface area (TPSA) is 35.5 Å². The predicted molar refractivity (Wildman–Crippen MR) is 91.3 cm³/mol. The van der Waals surface area contributed by atoms with E-state index in [1.165, 1.54) is 6.07 Å². The third-order valence-corrected chi connectivity index (χ3v) is 5.25. The zero-order chi connectivity index (χ0) is 19.3. The van der Waals surface area contributed by atoms with Crippen LogP contribution in [0, 0.1) is 23.6 Å². The Morgan fingerprint density at radius 3 is 2.58 bits per heavy atom. The Morgan fingerprint density at radius 2 is 1.96 bits per heavy atom. The number of fused-ring (bicyclic) bond motifs is 1. The molecule has 3 unspecified atom stereocenters. The summed E-state index contributed by atoms with van der Waals surface area (Å²) in [6.45, 7) is 5.24. The van der Waals surface area contributed by atoms with Crippen LogP contribution in [-0.2, 0) is 4.74 Å². The van der Waals surface area contributed by atoms with Crippen molar-refractivity contribution in [2.75, 3.05) is 6.61 Å². The summed E-state index contributed by atoms with van der Waals surface area (Å²) < 4.78 is 51.8. The highest BCUT2D eigenvalue weighted by Gasteiger charge is 2.68. The van der Waals surface area contributed by atoms with Crippen LogP contribution in [0.15, 0.2) is 12.1 Å². The summed E-state index contributed by atoms with van der Waals surface area (Å²) in [6, 6.07) is 2.21. The lowest BCUT2D eigenvalue weighted by Gasteiger charge is -2.21. The molecule has 2 aliphatic carbocycles. The number of hydrogen-bond donors (Lipinski definition) is 0. The van der Waals surface area contributed by atoms with E-state index < -0.39 is 35.1 Å². The molecule has 0 aliphatic heterocycles. The molecule has 7 heteroatoms. The van der Waals surface area contributed by atoms with Gasteiger partial charge in [-0.2, -0.15) is 0 Å². The zero-order valence-corrected chi connectivity index (χ0v) is 15.7. The molecule has 0 aromatic heterocycles. The zero-order valence-electron chi connectivity index (χ0n) is 15.0. The van der Waals surface area contributed by atoms with E-state index in [1.807, 2.05) is 0 Å². The Bertz CT molecular complexity index is 715. The number of carbonyl (C=O) groups excluding carboxylic acids is 1. The Balaban J connectivity index is 1.62. The van der Waals surface area contributed by atoms with Crippen LogP contribution in [-0.4, -0.2) is 24.1 Å². The highest BCUT2D eigenvalue weighted by atomic mass is 35.5. The fraction of sp³-hybridized carbons (Fsp3) is 0.632. The van der Waals surface area contributed by atoms with Gasteiger partial charge in [-0.05, 0) is 52.0 Å². The summed E-state index contributed by atoms with van der Waals surface area (Å²) in [5.41, 5.74) is -1.02. The lowest BCUT2D eigenvalue weighted by molar-refractivity contribution is 0.00645. The first-order chi connectivity index (χ1) is 12.0. The third kappa shape index (κ3) is 3.95. The molecule has 144 valence electrons. The highest BCUT2D eigenvalue weighted by Crippen LogP contribution is 2.63. The molecule has 2 aliphatic rings. The molecule has 0 radical (unpaired) electrons. The van der Waals surface area contributed by atoms with Crippen LogP contribution in [0.1, 0.15) is 50.4 Å². The number of carbonyl (C=O) groups is 1. The van der Waals surface area contributed by atoms with Gasteiger partial charge in [0, 0.05) is 17.9 Å². The Labute approximate surface area is 155 Å². The van der Waals surface area contributed by atoms with Crippen LogP contribution >= 0.6 is 11.6 Å². The van der Waals surface area contributed by atoms with Gasteiger partial charge in [0.05, 0.1) is 17.2 Å². The summed E-state index contributed by atoms with van der Waals surface area (Å²) in [5, 5.41) is 0.0812. The first-order valence-corrected chi connectivity index (χ1v) is 9.10. The maximum Gasteiger partial charge on any atom is 0.341 e. The molecule has 0 spiro atoms. The molecule has 1 aromatic carbocycles. The summed E-state index contributed by atoms with van der Waals surface area (Å²) >= 11 is 6.10. The fourth-order valence-electron chi connectivity index (χ4n) is 3.56. The van der Waals surface area contributed by atoms with E-state index in [0.29, 0.717) is 19.3 Å². The lowest BCUT2D eigenvalue weighted by Crippen LogP contribution is -2.24. The number of ether oxygens (including phenoxy) is 2. The Morgan fingerprint density at radius 1 is 1.27 bits per heavy atom. The van der Waals surface area contributed by atoms with Crippen LogP contribution in [0.2, 0.25) is 5.02 Å². The largest absolute Gasteiger partial charge is 0.492 e. The molecule has 0 heterocycles. The molecule has 2 fully saturated rings. The molecule has 0 amide bonds. The maximum atomic E-state index is 14.3. The van der Waals surface area contributed by atoms with Crippen LogP contribution < -0.4 is 4.74 Å². The molecule has 3 rings (SSSR count). The predicted octanol–water partition coefficient (Wildman–Crippen LogP) is 5.49. The Hall–Kier alpha value is -1.43. The second-order valence-corrected chi connectivity index (χ2v) is 8.55. The van der Waals surface area contributed by atoms with Crippen LogP contribution in [0.3, 0.4) is 0 Å². The minimum Gasteiger partial charge on any atom is -0.492 e. The van der Waals surface area contributed by atoms with E-state index in [9.17, 15) is 18.0 Å². The average molecular weight is 391 g/mol. The Kier molecular flexibility index (Phi) is 4.93. The highest BCUT2D eigenvalue weighted by molar-refractivity contribution is 6.32. The van der Waals surface area contributed by atoms with Crippen molar-refractivity contribution in [1.29, 1.82) is 0 Å². The van der Waals surface area contributed by atoms with Gasteiger partial charge in [0.2, 0.25) is 0 Å². The number of alkyl halides is 2.